The summed E-state index contributed by atoms with van der Waals surface area (Å²) in [7, 11) is 1.70. The maximum Gasteiger partial charge on any atom is 0.0700 e. The number of ether oxygens (including phenoxy) is 2. The van der Waals surface area contributed by atoms with Crippen LogP contribution in [0.2, 0.25) is 0 Å². The number of nitrogens with zero attached hydrogens (tertiary/aromatic N) is 1. The molecule has 0 aromatic carbocycles. The molecule has 1 fully saturated rings. The van der Waals surface area contributed by atoms with Crippen LogP contribution in [-0.2, 0) is 9.47 Å². The van der Waals surface area contributed by atoms with Crippen LogP contribution in [0.15, 0.2) is 0 Å². The van der Waals surface area contributed by atoms with E-state index in [4.69, 9.17) is 15.2 Å². The Morgan fingerprint density at radius 1 is 1.12 bits per heavy atom. The zero-order chi connectivity index (χ0) is 12.3. The van der Waals surface area contributed by atoms with E-state index in [1.54, 1.807) is 7.11 Å². The SMILES string of the molecule is COCCOCCN(CCCN)C1CCCC1. The topological polar surface area (TPSA) is 47.7 Å². The van der Waals surface area contributed by atoms with Gasteiger partial charge in [0, 0.05) is 19.7 Å². The summed E-state index contributed by atoms with van der Waals surface area (Å²) in [5.41, 5.74) is 5.60. The molecule has 17 heavy (non-hydrogen) atoms. The van der Waals surface area contributed by atoms with E-state index in [1.165, 1.54) is 25.7 Å². The maximum atomic E-state index is 5.60. The smallest absolute Gasteiger partial charge is 0.0700 e. The van der Waals surface area contributed by atoms with E-state index < -0.39 is 0 Å². The first-order valence-corrected chi connectivity index (χ1v) is 6.89. The fourth-order valence-electron chi connectivity index (χ4n) is 2.47. The largest absolute Gasteiger partial charge is 0.382 e. The highest BCUT2D eigenvalue weighted by molar-refractivity contribution is 4.77. The van der Waals surface area contributed by atoms with Gasteiger partial charge in [-0.15, -0.1) is 0 Å². The molecule has 4 nitrogen and oxygen atoms in total. The highest BCUT2D eigenvalue weighted by Gasteiger charge is 2.21. The zero-order valence-corrected chi connectivity index (χ0v) is 11.2. The van der Waals surface area contributed by atoms with Crippen molar-refractivity contribution in [1.29, 1.82) is 0 Å². The second kappa shape index (κ2) is 9.83. The van der Waals surface area contributed by atoms with Crippen molar-refractivity contribution < 1.29 is 9.47 Å². The fraction of sp³-hybridized carbons (Fsp3) is 1.00. The highest BCUT2D eigenvalue weighted by atomic mass is 16.5. The quantitative estimate of drug-likeness (QED) is 0.587. The molecule has 0 saturated heterocycles. The van der Waals surface area contributed by atoms with Gasteiger partial charge in [-0.05, 0) is 32.4 Å². The first-order chi connectivity index (χ1) is 8.38. The van der Waals surface area contributed by atoms with Gasteiger partial charge in [-0.3, -0.25) is 4.90 Å². The summed E-state index contributed by atoms with van der Waals surface area (Å²) in [5.74, 6) is 0. The molecule has 0 unspecified atom stereocenters. The second-order valence-corrected chi connectivity index (χ2v) is 4.72. The Bertz CT molecular complexity index is 173. The molecule has 1 aliphatic rings. The van der Waals surface area contributed by atoms with Crippen molar-refractivity contribution >= 4 is 0 Å². The number of rotatable bonds is 10. The predicted molar refractivity (Wildman–Crippen MR) is 70.2 cm³/mol. The molecule has 0 aromatic rings. The standard InChI is InChI=1S/C13H28N2O2/c1-16-11-12-17-10-9-15(8-4-7-14)13-5-2-3-6-13/h13H,2-12,14H2,1H3. The van der Waals surface area contributed by atoms with E-state index in [0.717, 1.165) is 38.7 Å². The summed E-state index contributed by atoms with van der Waals surface area (Å²) in [6.45, 7) is 5.14. The molecule has 1 aliphatic carbocycles. The molecule has 2 N–H and O–H groups in total. The Kier molecular flexibility index (Phi) is 8.61. The minimum Gasteiger partial charge on any atom is -0.382 e. The van der Waals surface area contributed by atoms with Crippen LogP contribution >= 0.6 is 0 Å². The van der Waals surface area contributed by atoms with Gasteiger partial charge in [0.1, 0.15) is 0 Å². The van der Waals surface area contributed by atoms with Crippen molar-refractivity contribution in [3.05, 3.63) is 0 Å². The summed E-state index contributed by atoms with van der Waals surface area (Å²) in [6, 6.07) is 0.771. The van der Waals surface area contributed by atoms with Crippen LogP contribution in [0.5, 0.6) is 0 Å². The van der Waals surface area contributed by atoms with Gasteiger partial charge in [0.25, 0.3) is 0 Å². The molecule has 0 radical (unpaired) electrons. The second-order valence-electron chi connectivity index (χ2n) is 4.72. The first kappa shape index (κ1) is 14.9. The van der Waals surface area contributed by atoms with Crippen LogP contribution in [0.1, 0.15) is 32.1 Å². The van der Waals surface area contributed by atoms with Crippen LogP contribution in [-0.4, -0.2) is 57.5 Å². The molecule has 1 rings (SSSR count). The van der Waals surface area contributed by atoms with Crippen molar-refractivity contribution in [2.24, 2.45) is 5.73 Å². The van der Waals surface area contributed by atoms with Crippen molar-refractivity contribution in [1.82, 2.24) is 4.90 Å². The normalized spacial score (nSPS) is 17.1. The molecule has 4 heteroatoms. The average molecular weight is 244 g/mol. The molecule has 1 saturated carbocycles. The third kappa shape index (κ3) is 6.36. The zero-order valence-electron chi connectivity index (χ0n) is 11.2. The lowest BCUT2D eigenvalue weighted by molar-refractivity contribution is 0.0496. The Hall–Kier alpha value is -0.160. The molecular formula is C13H28N2O2. The van der Waals surface area contributed by atoms with E-state index in [2.05, 4.69) is 4.90 Å². The number of nitrogens with two attached hydrogens (primary N) is 1. The van der Waals surface area contributed by atoms with E-state index in [9.17, 15) is 0 Å². The minimum absolute atomic E-state index is 0.687. The van der Waals surface area contributed by atoms with E-state index in [-0.39, 0.29) is 0 Å². The number of hydrogen-bond acceptors (Lipinski definition) is 4. The Labute approximate surface area is 105 Å². The van der Waals surface area contributed by atoms with Crippen LogP contribution in [0.25, 0.3) is 0 Å². The highest BCUT2D eigenvalue weighted by Crippen LogP contribution is 2.23. The Morgan fingerprint density at radius 2 is 1.88 bits per heavy atom. The fourth-order valence-corrected chi connectivity index (χ4v) is 2.47. The number of methoxy groups -OCH3 is 1. The predicted octanol–water partition coefficient (Wildman–Crippen LogP) is 1.24. The molecule has 0 aliphatic heterocycles. The lowest BCUT2D eigenvalue weighted by Gasteiger charge is -2.28. The molecule has 0 spiro atoms. The summed E-state index contributed by atoms with van der Waals surface area (Å²) in [4.78, 5) is 2.56. The maximum absolute atomic E-state index is 5.60. The van der Waals surface area contributed by atoms with Gasteiger partial charge in [0.15, 0.2) is 0 Å². The van der Waals surface area contributed by atoms with Gasteiger partial charge in [-0.2, -0.15) is 0 Å². The third-order valence-corrected chi connectivity index (χ3v) is 3.45. The van der Waals surface area contributed by atoms with Gasteiger partial charge in [0.2, 0.25) is 0 Å². The van der Waals surface area contributed by atoms with E-state index in [0.29, 0.717) is 13.2 Å². The molecule has 0 atom stereocenters. The first-order valence-electron chi connectivity index (χ1n) is 6.89. The van der Waals surface area contributed by atoms with Crippen LogP contribution < -0.4 is 5.73 Å². The van der Waals surface area contributed by atoms with Gasteiger partial charge in [0.05, 0.1) is 19.8 Å². The van der Waals surface area contributed by atoms with Crippen molar-refractivity contribution in [3.8, 4) is 0 Å². The van der Waals surface area contributed by atoms with Crippen molar-refractivity contribution in [3.63, 3.8) is 0 Å². The summed E-state index contributed by atoms with van der Waals surface area (Å²) < 4.78 is 10.5. The van der Waals surface area contributed by atoms with Gasteiger partial charge in [-0.1, -0.05) is 12.8 Å². The Morgan fingerprint density at radius 3 is 2.53 bits per heavy atom. The summed E-state index contributed by atoms with van der Waals surface area (Å²) in [6.07, 6.45) is 6.56. The van der Waals surface area contributed by atoms with Crippen molar-refractivity contribution in [2.75, 3.05) is 46.6 Å². The van der Waals surface area contributed by atoms with Gasteiger partial charge < -0.3 is 15.2 Å². The molecular weight excluding hydrogens is 216 g/mol. The third-order valence-electron chi connectivity index (χ3n) is 3.45. The summed E-state index contributed by atoms with van der Waals surface area (Å²) >= 11 is 0. The van der Waals surface area contributed by atoms with Crippen LogP contribution in [0, 0.1) is 0 Å². The van der Waals surface area contributed by atoms with Crippen LogP contribution in [0.4, 0.5) is 0 Å². The average Bonchev–Trinajstić information content (AvgIpc) is 2.86. The lowest BCUT2D eigenvalue weighted by atomic mass is 10.2. The van der Waals surface area contributed by atoms with Gasteiger partial charge in [-0.25, -0.2) is 0 Å². The van der Waals surface area contributed by atoms with Crippen LogP contribution in [0.3, 0.4) is 0 Å². The Balaban J connectivity index is 2.15. The lowest BCUT2D eigenvalue weighted by Crippen LogP contribution is -2.37. The number of hydrogen-bond donors (Lipinski definition) is 1. The molecule has 0 aromatic heterocycles. The van der Waals surface area contributed by atoms with Crippen molar-refractivity contribution in [2.45, 2.75) is 38.1 Å². The molecule has 102 valence electrons. The van der Waals surface area contributed by atoms with E-state index >= 15 is 0 Å². The van der Waals surface area contributed by atoms with Gasteiger partial charge >= 0.3 is 0 Å². The minimum atomic E-state index is 0.687. The molecule has 0 amide bonds. The molecule has 0 bridgehead atoms. The summed E-state index contributed by atoms with van der Waals surface area (Å²) in [5, 5.41) is 0. The van der Waals surface area contributed by atoms with E-state index in [1.807, 2.05) is 0 Å². The monoisotopic (exact) mass is 244 g/mol. The molecule has 0 heterocycles.